The lowest BCUT2D eigenvalue weighted by Crippen LogP contribution is -2.37. The van der Waals surface area contributed by atoms with Crippen molar-refractivity contribution >= 4 is 5.97 Å². The van der Waals surface area contributed by atoms with Crippen LogP contribution in [-0.2, 0) is 9.53 Å². The standard InChI is InChI=1S/C8H16FNO2/c1-4-12-7(11)6(10)5-8(2,3)9/h6H,4-5,10H2,1-3H3. The highest BCUT2D eigenvalue weighted by Gasteiger charge is 2.25. The number of carbonyl (C=O) groups excluding carboxylic acids is 1. The lowest BCUT2D eigenvalue weighted by molar-refractivity contribution is -0.145. The summed E-state index contributed by atoms with van der Waals surface area (Å²) in [5, 5.41) is 0. The summed E-state index contributed by atoms with van der Waals surface area (Å²) in [4.78, 5) is 10.9. The number of nitrogens with two attached hydrogens (primary N) is 1. The lowest BCUT2D eigenvalue weighted by atomic mass is 10.0. The second kappa shape index (κ2) is 4.40. The smallest absolute Gasteiger partial charge is 0.323 e. The summed E-state index contributed by atoms with van der Waals surface area (Å²) in [7, 11) is 0. The zero-order valence-electron chi connectivity index (χ0n) is 7.76. The topological polar surface area (TPSA) is 52.3 Å². The van der Waals surface area contributed by atoms with Gasteiger partial charge in [-0.1, -0.05) is 0 Å². The normalized spacial score (nSPS) is 14.1. The first-order valence-electron chi connectivity index (χ1n) is 3.98. The van der Waals surface area contributed by atoms with E-state index >= 15 is 0 Å². The van der Waals surface area contributed by atoms with Crippen LogP contribution in [0.4, 0.5) is 4.39 Å². The van der Waals surface area contributed by atoms with Gasteiger partial charge in [0.1, 0.15) is 11.7 Å². The fourth-order valence-corrected chi connectivity index (χ4v) is 0.856. The number of hydrogen-bond acceptors (Lipinski definition) is 3. The molecule has 0 aliphatic carbocycles. The number of ether oxygens (including phenoxy) is 1. The van der Waals surface area contributed by atoms with E-state index in [9.17, 15) is 9.18 Å². The number of carbonyl (C=O) groups is 1. The number of rotatable bonds is 4. The molecular weight excluding hydrogens is 161 g/mol. The van der Waals surface area contributed by atoms with E-state index in [0.717, 1.165) is 0 Å². The molecule has 0 bridgehead atoms. The summed E-state index contributed by atoms with van der Waals surface area (Å²) < 4.78 is 17.6. The van der Waals surface area contributed by atoms with Gasteiger partial charge < -0.3 is 10.5 Å². The van der Waals surface area contributed by atoms with Gasteiger partial charge in [-0.25, -0.2) is 4.39 Å². The lowest BCUT2D eigenvalue weighted by Gasteiger charge is -2.17. The van der Waals surface area contributed by atoms with Gasteiger partial charge in [-0.3, -0.25) is 4.79 Å². The molecule has 2 N–H and O–H groups in total. The Bertz CT molecular complexity index is 154. The molecule has 1 unspecified atom stereocenters. The van der Waals surface area contributed by atoms with Gasteiger partial charge in [-0.2, -0.15) is 0 Å². The molecule has 0 fully saturated rings. The minimum Gasteiger partial charge on any atom is -0.465 e. The van der Waals surface area contributed by atoms with E-state index < -0.39 is 17.7 Å². The molecule has 0 rings (SSSR count). The first kappa shape index (κ1) is 11.4. The SMILES string of the molecule is CCOC(=O)C(N)CC(C)(C)F. The molecule has 0 aliphatic rings. The maximum atomic E-state index is 13.0. The maximum absolute atomic E-state index is 13.0. The molecule has 0 spiro atoms. The van der Waals surface area contributed by atoms with Crippen LogP contribution in [0, 0.1) is 0 Å². The predicted octanol–water partition coefficient (Wildman–Crippen LogP) is 1.01. The average Bonchev–Trinajstić information content (AvgIpc) is 1.84. The largest absolute Gasteiger partial charge is 0.465 e. The van der Waals surface area contributed by atoms with Crippen LogP contribution in [0.1, 0.15) is 27.2 Å². The van der Waals surface area contributed by atoms with Crippen molar-refractivity contribution in [3.05, 3.63) is 0 Å². The fourth-order valence-electron chi connectivity index (χ4n) is 0.856. The Morgan fingerprint density at radius 3 is 2.50 bits per heavy atom. The Labute approximate surface area is 72.1 Å². The van der Waals surface area contributed by atoms with Crippen LogP contribution in [0.3, 0.4) is 0 Å². The summed E-state index contributed by atoms with van der Waals surface area (Å²) in [5.41, 5.74) is 3.95. The van der Waals surface area contributed by atoms with Crippen molar-refractivity contribution in [1.82, 2.24) is 0 Å². The van der Waals surface area contributed by atoms with Gasteiger partial charge in [-0.05, 0) is 20.8 Å². The van der Waals surface area contributed by atoms with Crippen molar-refractivity contribution in [3.63, 3.8) is 0 Å². The van der Waals surface area contributed by atoms with E-state index in [1.807, 2.05) is 0 Å². The molecule has 0 aromatic rings. The zero-order chi connectivity index (χ0) is 9.78. The summed E-state index contributed by atoms with van der Waals surface area (Å²) in [5.74, 6) is -0.539. The highest BCUT2D eigenvalue weighted by molar-refractivity contribution is 5.75. The average molecular weight is 177 g/mol. The highest BCUT2D eigenvalue weighted by atomic mass is 19.1. The second-order valence-electron chi connectivity index (χ2n) is 3.28. The van der Waals surface area contributed by atoms with Crippen LogP contribution in [0.25, 0.3) is 0 Å². The molecular formula is C8H16FNO2. The maximum Gasteiger partial charge on any atom is 0.323 e. The second-order valence-corrected chi connectivity index (χ2v) is 3.28. The van der Waals surface area contributed by atoms with Crippen molar-refractivity contribution in [2.75, 3.05) is 6.61 Å². The van der Waals surface area contributed by atoms with Crippen molar-refractivity contribution in [2.24, 2.45) is 5.73 Å². The van der Waals surface area contributed by atoms with Crippen molar-refractivity contribution in [3.8, 4) is 0 Å². The number of halogens is 1. The zero-order valence-corrected chi connectivity index (χ0v) is 7.76. The first-order valence-corrected chi connectivity index (χ1v) is 3.98. The van der Waals surface area contributed by atoms with Crippen LogP contribution in [-0.4, -0.2) is 24.3 Å². The van der Waals surface area contributed by atoms with Gasteiger partial charge in [0.15, 0.2) is 0 Å². The molecule has 3 nitrogen and oxygen atoms in total. The summed E-state index contributed by atoms with van der Waals surface area (Å²) >= 11 is 0. The Morgan fingerprint density at radius 2 is 2.17 bits per heavy atom. The van der Waals surface area contributed by atoms with Crippen LogP contribution in [0.5, 0.6) is 0 Å². The molecule has 0 aliphatic heterocycles. The van der Waals surface area contributed by atoms with Gasteiger partial charge in [0.05, 0.1) is 6.61 Å². The van der Waals surface area contributed by atoms with Gasteiger partial charge in [0, 0.05) is 6.42 Å². The van der Waals surface area contributed by atoms with E-state index in [-0.39, 0.29) is 13.0 Å². The molecule has 0 radical (unpaired) electrons. The van der Waals surface area contributed by atoms with Gasteiger partial charge >= 0.3 is 5.97 Å². The fraction of sp³-hybridized carbons (Fsp3) is 0.875. The Hall–Kier alpha value is -0.640. The molecule has 0 saturated carbocycles. The third-order valence-electron chi connectivity index (χ3n) is 1.29. The van der Waals surface area contributed by atoms with Gasteiger partial charge in [-0.15, -0.1) is 0 Å². The molecule has 12 heavy (non-hydrogen) atoms. The third-order valence-corrected chi connectivity index (χ3v) is 1.29. The molecule has 72 valence electrons. The first-order chi connectivity index (χ1) is 5.37. The minimum atomic E-state index is -1.42. The molecule has 0 heterocycles. The summed E-state index contributed by atoms with van der Waals surface area (Å²) in [6.45, 7) is 4.72. The van der Waals surface area contributed by atoms with E-state index in [2.05, 4.69) is 4.74 Å². The van der Waals surface area contributed by atoms with Crippen LogP contribution in [0.2, 0.25) is 0 Å². The van der Waals surface area contributed by atoms with Gasteiger partial charge in [0.25, 0.3) is 0 Å². The number of hydrogen-bond donors (Lipinski definition) is 1. The van der Waals surface area contributed by atoms with Crippen LogP contribution < -0.4 is 5.73 Å². The third kappa shape index (κ3) is 5.07. The highest BCUT2D eigenvalue weighted by Crippen LogP contribution is 2.15. The van der Waals surface area contributed by atoms with E-state index in [1.165, 1.54) is 13.8 Å². The predicted molar refractivity (Wildman–Crippen MR) is 44.4 cm³/mol. The molecule has 1 atom stereocenters. The quantitative estimate of drug-likeness (QED) is 0.652. The summed E-state index contributed by atoms with van der Waals surface area (Å²) in [6, 6.07) is -0.857. The van der Waals surface area contributed by atoms with Crippen LogP contribution >= 0.6 is 0 Å². The Kier molecular flexibility index (Phi) is 4.17. The molecule has 0 amide bonds. The molecule has 0 aromatic carbocycles. The molecule has 0 saturated heterocycles. The summed E-state index contributed by atoms with van der Waals surface area (Å²) in [6.07, 6.45) is -0.00810. The minimum absolute atomic E-state index is 0.00810. The van der Waals surface area contributed by atoms with Crippen molar-refractivity contribution in [1.29, 1.82) is 0 Å². The van der Waals surface area contributed by atoms with Crippen LogP contribution in [0.15, 0.2) is 0 Å². The van der Waals surface area contributed by atoms with Gasteiger partial charge in [0.2, 0.25) is 0 Å². The van der Waals surface area contributed by atoms with E-state index in [4.69, 9.17) is 5.73 Å². The number of alkyl halides is 1. The van der Waals surface area contributed by atoms with Crippen molar-refractivity contribution < 1.29 is 13.9 Å². The molecule has 4 heteroatoms. The number of esters is 1. The van der Waals surface area contributed by atoms with E-state index in [0.29, 0.717) is 0 Å². The molecule has 0 aromatic heterocycles. The Balaban J connectivity index is 3.87. The monoisotopic (exact) mass is 177 g/mol. The van der Waals surface area contributed by atoms with Crippen molar-refractivity contribution in [2.45, 2.75) is 38.9 Å². The Morgan fingerprint density at radius 1 is 1.67 bits per heavy atom. The van der Waals surface area contributed by atoms with E-state index in [1.54, 1.807) is 6.92 Å².